The number of aromatic nitrogens is 2. The van der Waals surface area contributed by atoms with E-state index in [9.17, 15) is 20.4 Å². The molecule has 0 unspecified atom stereocenters. The van der Waals surface area contributed by atoms with E-state index in [2.05, 4.69) is 4.98 Å². The quantitative estimate of drug-likeness (QED) is 0.514. The minimum Gasteiger partial charge on any atom is -0.394 e. The molecule has 1 saturated heterocycles. The molecule has 7 heteroatoms. The molecule has 5 atom stereocenters. The van der Waals surface area contributed by atoms with Crippen molar-refractivity contribution in [3.05, 3.63) is 67.0 Å². The molecule has 1 aliphatic rings. The molecular formula is C22H24N2O5. The number of nitrogens with zero attached hydrogens (tertiary/aromatic N) is 2. The Hall–Kier alpha value is -2.55. The van der Waals surface area contributed by atoms with E-state index < -0.39 is 37.1 Å². The monoisotopic (exact) mass is 396 g/mol. The Morgan fingerprint density at radius 1 is 0.793 bits per heavy atom. The lowest BCUT2D eigenvalue weighted by atomic mass is 9.95. The van der Waals surface area contributed by atoms with E-state index in [1.54, 1.807) is 6.33 Å². The maximum absolute atomic E-state index is 10.4. The highest BCUT2D eigenvalue weighted by Gasteiger charge is 2.43. The van der Waals surface area contributed by atoms with Crippen LogP contribution in [0.1, 0.15) is 0 Å². The average Bonchev–Trinajstić information content (AvgIpc) is 3.19. The van der Waals surface area contributed by atoms with Gasteiger partial charge in [-0.1, -0.05) is 60.7 Å². The summed E-state index contributed by atoms with van der Waals surface area (Å²) in [6.45, 7) is -0.252. The molecule has 0 spiro atoms. The van der Waals surface area contributed by atoms with Gasteiger partial charge in [0.05, 0.1) is 30.9 Å². The van der Waals surface area contributed by atoms with Crippen LogP contribution in [0.3, 0.4) is 0 Å². The molecule has 152 valence electrons. The van der Waals surface area contributed by atoms with Crippen LogP contribution in [0, 0.1) is 0 Å². The molecule has 2 aromatic carbocycles. The normalized spacial score (nSPS) is 27.1. The van der Waals surface area contributed by atoms with Crippen molar-refractivity contribution < 1.29 is 25.2 Å². The van der Waals surface area contributed by atoms with Gasteiger partial charge in [-0.25, -0.2) is 4.98 Å². The summed E-state index contributed by atoms with van der Waals surface area (Å²) in [4.78, 5) is 4.59. The first-order valence-corrected chi connectivity index (χ1v) is 9.56. The zero-order valence-corrected chi connectivity index (χ0v) is 15.7. The van der Waals surface area contributed by atoms with E-state index in [1.165, 1.54) is 0 Å². The highest BCUT2D eigenvalue weighted by Crippen LogP contribution is 2.32. The van der Waals surface area contributed by atoms with Crippen LogP contribution in [0.4, 0.5) is 0 Å². The molecule has 29 heavy (non-hydrogen) atoms. The van der Waals surface area contributed by atoms with Gasteiger partial charge in [0.15, 0.2) is 0 Å². The van der Waals surface area contributed by atoms with Crippen molar-refractivity contribution in [3.8, 4) is 22.5 Å². The topological polar surface area (TPSA) is 108 Å². The standard InChI is InChI=1S/C22H24N2O5/c25-12-17-21(27)22(28)20(26)16(29-17)11-24-13-23-18(14-7-3-1-4-8-14)19(24)15-9-5-2-6-10-15/h1-10,13,16-17,20-22,25-28H,11-12H2/t16-,17+,20+,21+,22+/m0/s1. The fourth-order valence-corrected chi connectivity index (χ4v) is 3.75. The first-order chi connectivity index (χ1) is 14.1. The number of hydrogen-bond donors (Lipinski definition) is 4. The Balaban J connectivity index is 1.72. The molecule has 0 amide bonds. The van der Waals surface area contributed by atoms with Crippen LogP contribution < -0.4 is 0 Å². The Kier molecular flexibility index (Phi) is 5.75. The van der Waals surface area contributed by atoms with Gasteiger partial charge in [0.1, 0.15) is 30.5 Å². The van der Waals surface area contributed by atoms with Gasteiger partial charge in [-0.3, -0.25) is 0 Å². The summed E-state index contributed by atoms with van der Waals surface area (Å²) in [6, 6.07) is 19.6. The average molecular weight is 396 g/mol. The Morgan fingerprint density at radius 3 is 2.00 bits per heavy atom. The van der Waals surface area contributed by atoms with Gasteiger partial charge in [-0.15, -0.1) is 0 Å². The minimum absolute atomic E-state index is 0.200. The summed E-state index contributed by atoms with van der Waals surface area (Å²) < 4.78 is 7.55. The van der Waals surface area contributed by atoms with Gasteiger partial charge < -0.3 is 29.7 Å². The van der Waals surface area contributed by atoms with Crippen molar-refractivity contribution in [2.75, 3.05) is 6.61 Å². The zero-order valence-electron chi connectivity index (χ0n) is 15.7. The van der Waals surface area contributed by atoms with Crippen LogP contribution in [0.5, 0.6) is 0 Å². The molecule has 7 nitrogen and oxygen atoms in total. The van der Waals surface area contributed by atoms with Gasteiger partial charge in [0, 0.05) is 11.1 Å². The van der Waals surface area contributed by atoms with Gasteiger partial charge in [-0.2, -0.15) is 0 Å². The molecule has 1 aromatic heterocycles. The second-order valence-electron chi connectivity index (χ2n) is 7.19. The van der Waals surface area contributed by atoms with E-state index >= 15 is 0 Å². The van der Waals surface area contributed by atoms with E-state index in [4.69, 9.17) is 4.74 Å². The number of rotatable bonds is 5. The molecule has 0 aliphatic carbocycles. The molecule has 1 fully saturated rings. The van der Waals surface area contributed by atoms with Crippen molar-refractivity contribution in [1.29, 1.82) is 0 Å². The second kappa shape index (κ2) is 8.44. The lowest BCUT2D eigenvalue weighted by Gasteiger charge is -2.40. The number of aliphatic hydroxyl groups is 4. The zero-order chi connectivity index (χ0) is 20.4. The lowest BCUT2D eigenvalue weighted by Crippen LogP contribution is -2.59. The Labute approximate surface area is 168 Å². The predicted molar refractivity (Wildman–Crippen MR) is 107 cm³/mol. The summed E-state index contributed by atoms with van der Waals surface area (Å²) in [5.74, 6) is 0. The van der Waals surface area contributed by atoms with Crippen LogP contribution in [-0.4, -0.2) is 67.1 Å². The van der Waals surface area contributed by atoms with Gasteiger partial charge in [-0.05, 0) is 0 Å². The molecule has 4 rings (SSSR count). The van der Waals surface area contributed by atoms with Crippen LogP contribution in [0.15, 0.2) is 67.0 Å². The summed E-state index contributed by atoms with van der Waals surface area (Å²) in [7, 11) is 0. The van der Waals surface area contributed by atoms with Gasteiger partial charge >= 0.3 is 0 Å². The number of benzene rings is 2. The van der Waals surface area contributed by atoms with Crippen molar-refractivity contribution in [3.63, 3.8) is 0 Å². The fraction of sp³-hybridized carbons (Fsp3) is 0.318. The van der Waals surface area contributed by atoms with Crippen molar-refractivity contribution >= 4 is 0 Å². The van der Waals surface area contributed by atoms with Crippen LogP contribution in [0.25, 0.3) is 22.5 Å². The highest BCUT2D eigenvalue weighted by molar-refractivity contribution is 5.78. The third-order valence-corrected chi connectivity index (χ3v) is 5.30. The second-order valence-corrected chi connectivity index (χ2v) is 7.19. The number of aliphatic hydroxyl groups excluding tert-OH is 4. The molecule has 0 bridgehead atoms. The Morgan fingerprint density at radius 2 is 1.38 bits per heavy atom. The predicted octanol–water partition coefficient (Wildman–Crippen LogP) is 1.06. The SMILES string of the molecule is OC[C@H]1O[C@@H](Cn2cnc(-c3ccccc3)c2-c2ccccc2)[C@@H](O)[C@@H](O)[C@@H]1O. The van der Waals surface area contributed by atoms with Crippen LogP contribution in [0.2, 0.25) is 0 Å². The third-order valence-electron chi connectivity index (χ3n) is 5.30. The summed E-state index contributed by atoms with van der Waals surface area (Å²) >= 11 is 0. The molecule has 0 saturated carbocycles. The minimum atomic E-state index is -1.40. The van der Waals surface area contributed by atoms with Gasteiger partial charge in [0.2, 0.25) is 0 Å². The van der Waals surface area contributed by atoms with Crippen molar-refractivity contribution in [1.82, 2.24) is 9.55 Å². The summed E-state index contributed by atoms with van der Waals surface area (Å²) in [5, 5.41) is 40.0. The largest absolute Gasteiger partial charge is 0.394 e. The van der Waals surface area contributed by atoms with E-state index in [1.807, 2.05) is 65.2 Å². The molecule has 2 heterocycles. The number of imidazole rings is 1. The summed E-state index contributed by atoms with van der Waals surface area (Å²) in [5.41, 5.74) is 3.56. The fourth-order valence-electron chi connectivity index (χ4n) is 3.75. The molecule has 3 aromatic rings. The number of ether oxygens (including phenoxy) is 1. The summed E-state index contributed by atoms with van der Waals surface area (Å²) in [6.07, 6.45) is -4.14. The number of hydrogen-bond acceptors (Lipinski definition) is 6. The molecular weight excluding hydrogens is 372 g/mol. The van der Waals surface area contributed by atoms with Crippen molar-refractivity contribution in [2.45, 2.75) is 37.1 Å². The lowest BCUT2D eigenvalue weighted by molar-refractivity contribution is -0.231. The maximum Gasteiger partial charge on any atom is 0.111 e. The first-order valence-electron chi connectivity index (χ1n) is 9.56. The van der Waals surface area contributed by atoms with E-state index in [-0.39, 0.29) is 6.54 Å². The molecule has 4 N–H and O–H groups in total. The van der Waals surface area contributed by atoms with Crippen LogP contribution in [-0.2, 0) is 11.3 Å². The highest BCUT2D eigenvalue weighted by atomic mass is 16.5. The van der Waals surface area contributed by atoms with Crippen molar-refractivity contribution in [2.24, 2.45) is 0 Å². The third kappa shape index (κ3) is 3.83. The smallest absolute Gasteiger partial charge is 0.111 e. The Bertz CT molecular complexity index is 929. The maximum atomic E-state index is 10.4. The van der Waals surface area contributed by atoms with Gasteiger partial charge in [0.25, 0.3) is 0 Å². The van der Waals surface area contributed by atoms with E-state index in [0.29, 0.717) is 0 Å². The molecule has 1 aliphatic heterocycles. The van der Waals surface area contributed by atoms with E-state index in [0.717, 1.165) is 22.5 Å². The van der Waals surface area contributed by atoms with Crippen LogP contribution >= 0.6 is 0 Å². The first kappa shape index (κ1) is 19.8. The molecule has 0 radical (unpaired) electrons.